The Hall–Kier alpha value is -0.710. The maximum Gasteiger partial charge on any atom is 0.259 e. The second-order valence-electron chi connectivity index (χ2n) is 10.1. The molecular weight excluding hydrogens is 368 g/mol. The molecule has 0 radical (unpaired) electrons. The zero-order valence-corrected chi connectivity index (χ0v) is 17.5. The van der Waals surface area contributed by atoms with Crippen molar-refractivity contribution in [2.75, 3.05) is 6.61 Å². The minimum atomic E-state index is -2.69. The van der Waals surface area contributed by atoms with Crippen LogP contribution in [0.4, 0.5) is 8.78 Å². The van der Waals surface area contributed by atoms with Crippen molar-refractivity contribution in [2.24, 2.45) is 29.1 Å². The van der Waals surface area contributed by atoms with E-state index in [9.17, 15) is 8.78 Å². The van der Waals surface area contributed by atoms with E-state index in [1.807, 2.05) is 39.0 Å². The van der Waals surface area contributed by atoms with Crippen molar-refractivity contribution >= 4 is 11.6 Å². The molecule has 2 nitrogen and oxygen atoms in total. The van der Waals surface area contributed by atoms with Crippen LogP contribution in [0.15, 0.2) is 18.2 Å². The third-order valence-electron chi connectivity index (χ3n) is 7.51. The number of hydrogen-bond donors (Lipinski definition) is 1. The summed E-state index contributed by atoms with van der Waals surface area (Å²) in [6.45, 7) is 10.9. The Morgan fingerprint density at radius 3 is 2.52 bits per heavy atom. The van der Waals surface area contributed by atoms with Gasteiger partial charge in [-0.15, -0.1) is 0 Å². The van der Waals surface area contributed by atoms with Gasteiger partial charge in [-0.1, -0.05) is 58.4 Å². The Bertz CT molecular complexity index is 746. The quantitative estimate of drug-likeness (QED) is 0.646. The van der Waals surface area contributed by atoms with E-state index in [0.717, 1.165) is 18.4 Å². The van der Waals surface area contributed by atoms with Crippen LogP contribution in [0.1, 0.15) is 64.5 Å². The number of nitrogens with one attached hydrogen (secondary N) is 1. The van der Waals surface area contributed by atoms with Gasteiger partial charge in [0.1, 0.15) is 0 Å². The van der Waals surface area contributed by atoms with E-state index >= 15 is 0 Å². The molecule has 27 heavy (non-hydrogen) atoms. The highest BCUT2D eigenvalue weighted by Crippen LogP contribution is 2.68. The van der Waals surface area contributed by atoms with Crippen LogP contribution in [-0.2, 0) is 10.4 Å². The number of alkyl halides is 2. The summed E-state index contributed by atoms with van der Waals surface area (Å²) in [6, 6.07) is 5.73. The maximum atomic E-state index is 14.5. The first kappa shape index (κ1) is 19.6. The molecule has 2 saturated carbocycles. The van der Waals surface area contributed by atoms with Crippen molar-refractivity contribution in [3.63, 3.8) is 0 Å². The molecular formula is C22H30ClF2NO. The van der Waals surface area contributed by atoms with E-state index in [2.05, 4.69) is 19.3 Å². The number of halogens is 3. The summed E-state index contributed by atoms with van der Waals surface area (Å²) in [5.74, 6) is -2.58. The van der Waals surface area contributed by atoms with E-state index < -0.39 is 23.2 Å². The normalized spacial score (nSPS) is 40.7. The fourth-order valence-corrected chi connectivity index (χ4v) is 5.99. The van der Waals surface area contributed by atoms with Crippen LogP contribution in [0.5, 0.6) is 0 Å². The third-order valence-corrected chi connectivity index (χ3v) is 7.84. The van der Waals surface area contributed by atoms with Crippen molar-refractivity contribution in [2.45, 2.75) is 64.8 Å². The van der Waals surface area contributed by atoms with Crippen LogP contribution in [-0.4, -0.2) is 12.5 Å². The number of hydroxylamine groups is 1. The van der Waals surface area contributed by atoms with E-state index in [4.69, 9.17) is 16.4 Å². The first-order chi connectivity index (χ1) is 12.5. The highest BCUT2D eigenvalue weighted by molar-refractivity contribution is 6.31. The van der Waals surface area contributed by atoms with E-state index in [-0.39, 0.29) is 5.54 Å². The number of fused-ring (bicyclic) bond motifs is 1. The molecule has 0 bridgehead atoms. The summed E-state index contributed by atoms with van der Waals surface area (Å²) in [4.78, 5) is 5.68. The molecule has 0 aromatic heterocycles. The third kappa shape index (κ3) is 2.86. The fraction of sp³-hybridized carbons (Fsp3) is 0.727. The molecule has 1 aromatic carbocycles. The predicted molar refractivity (Wildman–Crippen MR) is 104 cm³/mol. The van der Waals surface area contributed by atoms with E-state index in [1.54, 1.807) is 0 Å². The van der Waals surface area contributed by atoms with Crippen molar-refractivity contribution in [3.8, 4) is 0 Å². The Morgan fingerprint density at radius 2 is 1.93 bits per heavy atom. The maximum absolute atomic E-state index is 14.5. The van der Waals surface area contributed by atoms with Crippen LogP contribution in [0.3, 0.4) is 0 Å². The molecule has 3 aliphatic rings. The van der Waals surface area contributed by atoms with E-state index in [0.29, 0.717) is 34.9 Å². The molecule has 1 heterocycles. The SMILES string of the molecule is C[C@H]1CCC2(c3ccc(C4C(C(C)(C)C)C4(F)F)c(Cl)c3)NOCC2[C@@H]1C. The van der Waals surface area contributed by atoms with Crippen molar-refractivity contribution in [1.82, 2.24) is 5.48 Å². The van der Waals surface area contributed by atoms with Gasteiger partial charge in [0.15, 0.2) is 0 Å². The average molecular weight is 398 g/mol. The lowest BCUT2D eigenvalue weighted by atomic mass is 9.62. The monoisotopic (exact) mass is 397 g/mol. The predicted octanol–water partition coefficient (Wildman–Crippen LogP) is 6.15. The molecule has 4 rings (SSSR count). The summed E-state index contributed by atoms with van der Waals surface area (Å²) < 4.78 is 29.0. The molecule has 0 amide bonds. The first-order valence-corrected chi connectivity index (χ1v) is 10.4. The standard InChI is InChI=1S/C22H30ClF2NO/c1-12-8-9-21(16(13(12)2)11-27-26-21)14-6-7-15(17(23)10-14)18-19(20(3,4)5)22(18,24)25/h6-7,10,12-13,16,18-19,26H,8-9,11H2,1-5H3/t12-,13+,16?,18?,19?,21?/m0/s1. The molecule has 0 spiro atoms. The topological polar surface area (TPSA) is 21.3 Å². The molecule has 3 fully saturated rings. The number of rotatable bonds is 2. The second-order valence-corrected chi connectivity index (χ2v) is 10.5. The number of benzene rings is 1. The van der Waals surface area contributed by atoms with Gasteiger partial charge in [-0.05, 0) is 47.3 Å². The van der Waals surface area contributed by atoms with Crippen molar-refractivity contribution in [1.29, 1.82) is 0 Å². The minimum Gasteiger partial charge on any atom is -0.301 e. The van der Waals surface area contributed by atoms with Crippen LogP contribution in [0.2, 0.25) is 5.02 Å². The summed E-state index contributed by atoms with van der Waals surface area (Å²) >= 11 is 6.58. The van der Waals surface area contributed by atoms with Gasteiger partial charge in [-0.2, -0.15) is 5.48 Å². The smallest absolute Gasteiger partial charge is 0.259 e. The van der Waals surface area contributed by atoms with Gasteiger partial charge in [0.2, 0.25) is 0 Å². The highest BCUT2D eigenvalue weighted by Gasteiger charge is 2.72. The number of hydrogen-bond acceptors (Lipinski definition) is 2. The first-order valence-electron chi connectivity index (χ1n) is 10.1. The Morgan fingerprint density at radius 1 is 1.22 bits per heavy atom. The zero-order chi connectivity index (χ0) is 19.8. The Kier molecular flexibility index (Phi) is 4.46. The molecule has 1 aromatic rings. The van der Waals surface area contributed by atoms with Crippen LogP contribution < -0.4 is 5.48 Å². The largest absolute Gasteiger partial charge is 0.301 e. The van der Waals surface area contributed by atoms with E-state index in [1.165, 1.54) is 0 Å². The molecule has 1 aliphatic heterocycles. The van der Waals surface area contributed by atoms with Gasteiger partial charge in [-0.25, -0.2) is 8.78 Å². The van der Waals surface area contributed by atoms with Gasteiger partial charge in [0, 0.05) is 16.9 Å². The lowest BCUT2D eigenvalue weighted by molar-refractivity contribution is 0.0469. The summed E-state index contributed by atoms with van der Waals surface area (Å²) in [6.07, 6.45) is 2.09. The zero-order valence-electron chi connectivity index (χ0n) is 16.8. The van der Waals surface area contributed by atoms with Crippen LogP contribution in [0.25, 0.3) is 0 Å². The Balaban J connectivity index is 1.67. The molecule has 1 saturated heterocycles. The lowest BCUT2D eigenvalue weighted by Crippen LogP contribution is -2.48. The van der Waals surface area contributed by atoms with Gasteiger partial charge in [0.05, 0.1) is 18.1 Å². The van der Waals surface area contributed by atoms with Crippen molar-refractivity contribution < 1.29 is 13.6 Å². The molecule has 6 atom stereocenters. The molecule has 5 heteroatoms. The summed E-state index contributed by atoms with van der Waals surface area (Å²) in [5, 5.41) is 0.456. The van der Waals surface area contributed by atoms with Crippen LogP contribution in [0, 0.1) is 29.1 Å². The second kappa shape index (κ2) is 6.14. The Labute approximate surface area is 166 Å². The lowest BCUT2D eigenvalue weighted by Gasteiger charge is -2.44. The fourth-order valence-electron chi connectivity index (χ4n) is 5.70. The highest BCUT2D eigenvalue weighted by atomic mass is 35.5. The average Bonchev–Trinajstić information content (AvgIpc) is 2.95. The summed E-state index contributed by atoms with van der Waals surface area (Å²) in [7, 11) is 0. The van der Waals surface area contributed by atoms with Gasteiger partial charge >= 0.3 is 0 Å². The molecule has 1 N–H and O–H groups in total. The van der Waals surface area contributed by atoms with Gasteiger partial charge in [0.25, 0.3) is 5.92 Å². The van der Waals surface area contributed by atoms with Gasteiger partial charge < -0.3 is 4.84 Å². The minimum absolute atomic E-state index is 0.260. The summed E-state index contributed by atoms with van der Waals surface area (Å²) in [5.41, 5.74) is 4.21. The van der Waals surface area contributed by atoms with Gasteiger partial charge in [-0.3, -0.25) is 0 Å². The van der Waals surface area contributed by atoms with Crippen molar-refractivity contribution in [3.05, 3.63) is 34.3 Å². The molecule has 4 unspecified atom stereocenters. The molecule has 150 valence electrons. The molecule has 2 aliphatic carbocycles. The van der Waals surface area contributed by atoms with Crippen LogP contribution >= 0.6 is 11.6 Å².